The molecule has 0 bridgehead atoms. The van der Waals surface area contributed by atoms with Crippen molar-refractivity contribution in [2.24, 2.45) is 0 Å². The van der Waals surface area contributed by atoms with Crippen molar-refractivity contribution >= 4 is 23.2 Å². The molecule has 8 heteroatoms. The zero-order valence-electron chi connectivity index (χ0n) is 15.1. The highest BCUT2D eigenvalue weighted by Gasteiger charge is 2.23. The molecule has 1 fully saturated rings. The maximum Gasteiger partial charge on any atom is 0.352 e. The Labute approximate surface area is 166 Å². The van der Waals surface area contributed by atoms with Gasteiger partial charge in [0.05, 0.1) is 6.54 Å². The lowest BCUT2D eigenvalue weighted by Gasteiger charge is -2.19. The van der Waals surface area contributed by atoms with Gasteiger partial charge in [-0.3, -0.25) is 4.57 Å². The quantitative estimate of drug-likeness (QED) is 0.714. The van der Waals surface area contributed by atoms with Crippen molar-refractivity contribution in [3.05, 3.63) is 81.7 Å². The molecule has 2 heterocycles. The summed E-state index contributed by atoms with van der Waals surface area (Å²) in [5.74, 6) is 0.0773. The molecule has 4 rings (SSSR count). The van der Waals surface area contributed by atoms with Crippen molar-refractivity contribution in [2.75, 3.05) is 23.3 Å². The normalized spacial score (nSPS) is 16.4. The lowest BCUT2D eigenvalue weighted by molar-refractivity contribution is 0.627. The average Bonchev–Trinajstić information content (AvgIpc) is 3.15. The zero-order valence-corrected chi connectivity index (χ0v) is 15.8. The first-order valence-electron chi connectivity index (χ1n) is 9.02. The second-order valence-corrected chi connectivity index (χ2v) is 7.21. The van der Waals surface area contributed by atoms with Crippen LogP contribution in [0, 0.1) is 5.82 Å². The first kappa shape index (κ1) is 18.4. The van der Waals surface area contributed by atoms with Crippen LogP contribution in [0.1, 0.15) is 12.0 Å². The van der Waals surface area contributed by atoms with Crippen LogP contribution in [0.5, 0.6) is 0 Å². The van der Waals surface area contributed by atoms with Crippen LogP contribution in [0.25, 0.3) is 0 Å². The average molecular weight is 400 g/mol. The summed E-state index contributed by atoms with van der Waals surface area (Å²) in [4.78, 5) is 22.8. The van der Waals surface area contributed by atoms with Gasteiger partial charge in [0, 0.05) is 29.8 Å². The Morgan fingerprint density at radius 2 is 1.89 bits per heavy atom. The maximum absolute atomic E-state index is 13.1. The molecule has 1 aliphatic heterocycles. The molecule has 28 heavy (non-hydrogen) atoms. The highest BCUT2D eigenvalue weighted by atomic mass is 35.5. The highest BCUT2D eigenvalue weighted by Crippen LogP contribution is 2.21. The minimum Gasteiger partial charge on any atom is -0.369 e. The summed E-state index contributed by atoms with van der Waals surface area (Å²) in [5, 5.41) is 3.87. The van der Waals surface area contributed by atoms with E-state index < -0.39 is 0 Å². The van der Waals surface area contributed by atoms with E-state index in [1.807, 2.05) is 12.1 Å². The van der Waals surface area contributed by atoms with Gasteiger partial charge < -0.3 is 10.2 Å². The summed E-state index contributed by atoms with van der Waals surface area (Å²) in [6.45, 7) is 1.97. The first-order chi connectivity index (χ1) is 13.6. The minimum absolute atomic E-state index is 0.122. The molecule has 3 aromatic rings. The van der Waals surface area contributed by atoms with E-state index >= 15 is 0 Å². The molecule has 0 saturated carbocycles. The molecule has 1 aromatic heterocycles. The molecule has 0 aliphatic carbocycles. The van der Waals surface area contributed by atoms with Crippen molar-refractivity contribution in [3.63, 3.8) is 0 Å². The van der Waals surface area contributed by atoms with E-state index in [-0.39, 0.29) is 17.5 Å². The van der Waals surface area contributed by atoms with Crippen LogP contribution < -0.4 is 15.9 Å². The number of halogens is 2. The number of benzene rings is 2. The molecular formula is C20H19ClFN5O. The van der Waals surface area contributed by atoms with Gasteiger partial charge in [0.25, 0.3) is 0 Å². The molecule has 0 amide bonds. The molecule has 0 spiro atoms. The van der Waals surface area contributed by atoms with Crippen LogP contribution in [-0.2, 0) is 6.54 Å². The topological polar surface area (TPSA) is 63.1 Å². The molecule has 6 nitrogen and oxygen atoms in total. The Morgan fingerprint density at radius 1 is 1.14 bits per heavy atom. The number of nitrogens with one attached hydrogen (secondary N) is 1. The molecule has 2 aromatic carbocycles. The number of nitrogens with zero attached hydrogens (tertiary/aromatic N) is 4. The standard InChI is InChI=1S/C20H19ClFN5O/c21-15-3-1-14(2-4-15)11-27-13-23-19(25-20(27)28)24-17-9-10-26(12-17)18-7-5-16(22)6-8-18/h1-8,13,17H,9-12H2,(H,24,25,28). The van der Waals surface area contributed by atoms with Crippen LogP contribution in [0.3, 0.4) is 0 Å². The Hall–Kier alpha value is -2.93. The van der Waals surface area contributed by atoms with E-state index in [1.165, 1.54) is 23.0 Å². The third-order valence-electron chi connectivity index (χ3n) is 4.75. The third kappa shape index (κ3) is 4.31. The lowest BCUT2D eigenvalue weighted by Crippen LogP contribution is -2.30. The van der Waals surface area contributed by atoms with Gasteiger partial charge in [-0.2, -0.15) is 4.98 Å². The van der Waals surface area contributed by atoms with E-state index in [4.69, 9.17) is 11.6 Å². The first-order valence-corrected chi connectivity index (χ1v) is 9.39. The summed E-state index contributed by atoms with van der Waals surface area (Å²) in [7, 11) is 0. The minimum atomic E-state index is -0.360. The van der Waals surface area contributed by atoms with E-state index in [1.54, 1.807) is 24.3 Å². The third-order valence-corrected chi connectivity index (χ3v) is 5.00. The van der Waals surface area contributed by atoms with Gasteiger partial charge in [-0.05, 0) is 48.4 Å². The fraction of sp³-hybridized carbons (Fsp3) is 0.250. The van der Waals surface area contributed by atoms with Crippen molar-refractivity contribution in [1.29, 1.82) is 0 Å². The van der Waals surface area contributed by atoms with Gasteiger partial charge in [-0.25, -0.2) is 14.2 Å². The molecule has 144 valence electrons. The Kier molecular flexibility index (Phi) is 5.25. The van der Waals surface area contributed by atoms with Gasteiger partial charge in [-0.15, -0.1) is 0 Å². The van der Waals surface area contributed by atoms with Crippen LogP contribution in [-0.4, -0.2) is 33.7 Å². The summed E-state index contributed by atoms with van der Waals surface area (Å²) in [6.07, 6.45) is 2.38. The molecule has 1 aliphatic rings. The zero-order chi connectivity index (χ0) is 19.5. The second kappa shape index (κ2) is 7.98. The summed E-state index contributed by atoms with van der Waals surface area (Å²) < 4.78 is 14.5. The maximum atomic E-state index is 13.1. The molecular weight excluding hydrogens is 381 g/mol. The summed E-state index contributed by atoms with van der Waals surface area (Å²) in [6, 6.07) is 13.9. The largest absolute Gasteiger partial charge is 0.369 e. The number of hydrogen-bond donors (Lipinski definition) is 1. The van der Waals surface area contributed by atoms with Crippen molar-refractivity contribution in [2.45, 2.75) is 19.0 Å². The second-order valence-electron chi connectivity index (χ2n) is 6.77. The van der Waals surface area contributed by atoms with Crippen LogP contribution in [0.4, 0.5) is 16.0 Å². The Balaban J connectivity index is 1.39. The van der Waals surface area contributed by atoms with Crippen molar-refractivity contribution < 1.29 is 4.39 Å². The van der Waals surface area contributed by atoms with Gasteiger partial charge in [0.2, 0.25) is 5.95 Å². The number of rotatable bonds is 5. The monoisotopic (exact) mass is 399 g/mol. The van der Waals surface area contributed by atoms with Gasteiger partial charge >= 0.3 is 5.69 Å². The van der Waals surface area contributed by atoms with Crippen molar-refractivity contribution in [3.8, 4) is 0 Å². The molecule has 0 radical (unpaired) electrons. The van der Waals surface area contributed by atoms with Gasteiger partial charge in [0.15, 0.2) is 0 Å². The van der Waals surface area contributed by atoms with Crippen molar-refractivity contribution in [1.82, 2.24) is 14.5 Å². The lowest BCUT2D eigenvalue weighted by atomic mass is 10.2. The number of aromatic nitrogens is 3. The predicted molar refractivity (Wildman–Crippen MR) is 107 cm³/mol. The Morgan fingerprint density at radius 3 is 2.61 bits per heavy atom. The Bertz CT molecular complexity index is 1010. The highest BCUT2D eigenvalue weighted by molar-refractivity contribution is 6.30. The fourth-order valence-corrected chi connectivity index (χ4v) is 3.40. The molecule has 1 N–H and O–H groups in total. The van der Waals surface area contributed by atoms with Crippen LogP contribution in [0.2, 0.25) is 5.02 Å². The summed E-state index contributed by atoms with van der Waals surface area (Å²) >= 11 is 5.88. The summed E-state index contributed by atoms with van der Waals surface area (Å²) in [5.41, 5.74) is 1.56. The molecule has 1 saturated heterocycles. The van der Waals surface area contributed by atoms with E-state index in [0.717, 1.165) is 30.8 Å². The SMILES string of the molecule is O=c1nc(NC2CCN(c3ccc(F)cc3)C2)ncn1Cc1ccc(Cl)cc1. The van der Waals surface area contributed by atoms with Gasteiger partial charge in [-0.1, -0.05) is 23.7 Å². The predicted octanol–water partition coefficient (Wildman–Crippen LogP) is 3.17. The van der Waals surface area contributed by atoms with Crippen LogP contribution in [0.15, 0.2) is 59.7 Å². The smallest absolute Gasteiger partial charge is 0.352 e. The number of anilines is 2. The van der Waals surface area contributed by atoms with E-state index in [9.17, 15) is 9.18 Å². The molecule has 1 atom stereocenters. The van der Waals surface area contributed by atoms with Crippen LogP contribution >= 0.6 is 11.6 Å². The number of hydrogen-bond acceptors (Lipinski definition) is 5. The fourth-order valence-electron chi connectivity index (χ4n) is 3.27. The van der Waals surface area contributed by atoms with E-state index in [2.05, 4.69) is 20.2 Å². The van der Waals surface area contributed by atoms with E-state index in [0.29, 0.717) is 17.5 Å². The molecule has 1 unspecified atom stereocenters. The van der Waals surface area contributed by atoms with Gasteiger partial charge in [0.1, 0.15) is 12.1 Å².